The van der Waals surface area contributed by atoms with E-state index in [1.807, 2.05) is 0 Å². The van der Waals surface area contributed by atoms with Crippen molar-refractivity contribution < 1.29 is 29.0 Å². The Morgan fingerprint density at radius 3 is 2.57 bits per heavy atom. The van der Waals surface area contributed by atoms with Crippen molar-refractivity contribution in [2.75, 3.05) is 18.0 Å². The van der Waals surface area contributed by atoms with Gasteiger partial charge in [-0.3, -0.25) is 19.3 Å². The van der Waals surface area contributed by atoms with Crippen LogP contribution in [0, 0.1) is 0 Å². The minimum Gasteiger partial charge on any atom is -0.480 e. The summed E-state index contributed by atoms with van der Waals surface area (Å²) < 4.78 is 5.23. The van der Waals surface area contributed by atoms with Gasteiger partial charge in [-0.2, -0.15) is 0 Å². The first-order valence-corrected chi connectivity index (χ1v) is 8.99. The lowest BCUT2D eigenvalue weighted by atomic mass is 10.1. The summed E-state index contributed by atoms with van der Waals surface area (Å²) in [5.74, 6) is -2.02. The lowest BCUT2D eigenvalue weighted by molar-refractivity contribution is -0.137. The first-order valence-electron chi connectivity index (χ1n) is 8.99. The maximum Gasteiger partial charge on any atom is 0.407 e. The average molecular weight is 389 g/mol. The Morgan fingerprint density at radius 1 is 1.25 bits per heavy atom. The van der Waals surface area contributed by atoms with Crippen molar-refractivity contribution >= 4 is 29.6 Å². The molecule has 3 amide bonds. The molecule has 28 heavy (non-hydrogen) atoms. The molecule has 0 bridgehead atoms. The molecule has 2 N–H and O–H groups in total. The second-order valence-corrected chi connectivity index (χ2v) is 7.89. The molecule has 2 aliphatic rings. The van der Waals surface area contributed by atoms with Crippen LogP contribution in [-0.4, -0.2) is 64.7 Å². The van der Waals surface area contributed by atoms with E-state index in [0.717, 1.165) is 4.90 Å². The third-order valence-corrected chi connectivity index (χ3v) is 4.55. The number of nitrogens with zero attached hydrogens (tertiary/aromatic N) is 2. The van der Waals surface area contributed by atoms with Crippen LogP contribution in [0.4, 0.5) is 10.5 Å². The molecule has 0 radical (unpaired) electrons. The van der Waals surface area contributed by atoms with Gasteiger partial charge in [0, 0.05) is 6.54 Å². The number of aliphatic carboxylic acids is 1. The van der Waals surface area contributed by atoms with Crippen LogP contribution in [0.2, 0.25) is 0 Å². The number of anilines is 1. The lowest BCUT2D eigenvalue weighted by Crippen LogP contribution is -2.46. The largest absolute Gasteiger partial charge is 0.480 e. The standard InChI is InChI=1S/C19H23N3O6/c1-19(2,3)28-18(27)20-11-8-14-17(26)22(10-15(23)24)13-7-5-4-6-12(13)16(25)21(14)9-11/h4-7,11,14H,8-10H2,1-3H3,(H,20,27)(H,23,24)/t11-,14-/m0/s1. The highest BCUT2D eigenvalue weighted by molar-refractivity contribution is 6.12. The summed E-state index contributed by atoms with van der Waals surface area (Å²) in [4.78, 5) is 51.9. The summed E-state index contributed by atoms with van der Waals surface area (Å²) in [6.07, 6.45) is -0.439. The maximum atomic E-state index is 13.1. The smallest absolute Gasteiger partial charge is 0.407 e. The molecule has 9 heteroatoms. The Labute approximate surface area is 162 Å². The number of ether oxygens (including phenoxy) is 1. The summed E-state index contributed by atoms with van der Waals surface area (Å²) in [5.41, 5.74) is -0.126. The molecular weight excluding hydrogens is 366 g/mol. The number of hydrogen-bond donors (Lipinski definition) is 2. The molecule has 9 nitrogen and oxygen atoms in total. The van der Waals surface area contributed by atoms with E-state index in [1.54, 1.807) is 45.0 Å². The molecular formula is C19H23N3O6. The normalized spacial score (nSPS) is 21.7. The van der Waals surface area contributed by atoms with Gasteiger partial charge in [0.25, 0.3) is 5.91 Å². The maximum absolute atomic E-state index is 13.1. The van der Waals surface area contributed by atoms with Gasteiger partial charge in [0.15, 0.2) is 0 Å². The van der Waals surface area contributed by atoms with Gasteiger partial charge in [-0.25, -0.2) is 4.79 Å². The van der Waals surface area contributed by atoms with Crippen molar-refractivity contribution in [1.29, 1.82) is 0 Å². The molecule has 2 heterocycles. The summed E-state index contributed by atoms with van der Waals surface area (Å²) in [6.45, 7) is 4.81. The summed E-state index contributed by atoms with van der Waals surface area (Å²) in [6, 6.07) is 5.12. The van der Waals surface area contributed by atoms with E-state index in [4.69, 9.17) is 4.74 Å². The monoisotopic (exact) mass is 389 g/mol. The van der Waals surface area contributed by atoms with Crippen molar-refractivity contribution in [2.24, 2.45) is 0 Å². The zero-order valence-corrected chi connectivity index (χ0v) is 16.0. The van der Waals surface area contributed by atoms with E-state index in [0.29, 0.717) is 0 Å². The predicted octanol–water partition coefficient (Wildman–Crippen LogP) is 1.23. The van der Waals surface area contributed by atoms with Crippen molar-refractivity contribution in [3.05, 3.63) is 29.8 Å². The summed E-state index contributed by atoms with van der Waals surface area (Å²) in [7, 11) is 0. The number of carbonyl (C=O) groups excluding carboxylic acids is 3. The number of fused-ring (bicyclic) bond motifs is 2. The van der Waals surface area contributed by atoms with E-state index in [1.165, 1.54) is 4.90 Å². The highest BCUT2D eigenvalue weighted by Crippen LogP contribution is 2.32. The molecule has 150 valence electrons. The number of carbonyl (C=O) groups is 4. The topological polar surface area (TPSA) is 116 Å². The Morgan fingerprint density at radius 2 is 1.93 bits per heavy atom. The molecule has 0 saturated carbocycles. The molecule has 1 fully saturated rings. The van der Waals surface area contributed by atoms with E-state index >= 15 is 0 Å². The first-order chi connectivity index (χ1) is 13.1. The van der Waals surface area contributed by atoms with Crippen LogP contribution >= 0.6 is 0 Å². The summed E-state index contributed by atoms with van der Waals surface area (Å²) >= 11 is 0. The molecule has 2 aliphatic heterocycles. The van der Waals surface area contributed by atoms with Gasteiger partial charge in [0.2, 0.25) is 5.91 Å². The third-order valence-electron chi connectivity index (χ3n) is 4.55. The van der Waals surface area contributed by atoms with Crippen molar-refractivity contribution in [2.45, 2.75) is 44.9 Å². The van der Waals surface area contributed by atoms with Gasteiger partial charge in [-0.1, -0.05) is 12.1 Å². The number of nitrogens with one attached hydrogen (secondary N) is 1. The second kappa shape index (κ2) is 7.14. The number of rotatable bonds is 3. The number of para-hydroxylation sites is 1. The zero-order valence-electron chi connectivity index (χ0n) is 16.0. The fourth-order valence-corrected chi connectivity index (χ4v) is 3.51. The van der Waals surface area contributed by atoms with Gasteiger partial charge in [-0.05, 0) is 39.3 Å². The van der Waals surface area contributed by atoms with E-state index in [-0.39, 0.29) is 30.1 Å². The molecule has 2 atom stereocenters. The van der Waals surface area contributed by atoms with Crippen molar-refractivity contribution in [1.82, 2.24) is 10.2 Å². The molecule has 3 rings (SSSR count). The Bertz CT molecular complexity index is 831. The number of hydrogen-bond acceptors (Lipinski definition) is 5. The number of carboxylic acid groups (broad SMARTS) is 1. The van der Waals surface area contributed by atoms with Gasteiger partial charge in [0.05, 0.1) is 17.3 Å². The summed E-state index contributed by atoms with van der Waals surface area (Å²) in [5, 5.41) is 11.9. The molecule has 0 unspecified atom stereocenters. The minimum atomic E-state index is -1.18. The highest BCUT2D eigenvalue weighted by Gasteiger charge is 2.46. The Balaban J connectivity index is 1.87. The van der Waals surface area contributed by atoms with Crippen LogP contribution in [0.25, 0.3) is 0 Å². The lowest BCUT2D eigenvalue weighted by Gasteiger charge is -2.24. The van der Waals surface area contributed by atoms with Gasteiger partial charge in [-0.15, -0.1) is 0 Å². The van der Waals surface area contributed by atoms with Gasteiger partial charge in [0.1, 0.15) is 18.2 Å². The second-order valence-electron chi connectivity index (χ2n) is 7.89. The van der Waals surface area contributed by atoms with Crippen LogP contribution in [0.5, 0.6) is 0 Å². The first kappa shape index (κ1) is 19.7. The predicted molar refractivity (Wildman–Crippen MR) is 99.0 cm³/mol. The number of benzene rings is 1. The fourth-order valence-electron chi connectivity index (χ4n) is 3.51. The number of carboxylic acids is 1. The molecule has 1 aromatic carbocycles. The van der Waals surface area contributed by atoms with Crippen LogP contribution in [-0.2, 0) is 14.3 Å². The molecule has 0 aliphatic carbocycles. The van der Waals surface area contributed by atoms with Crippen LogP contribution in [0.3, 0.4) is 0 Å². The van der Waals surface area contributed by atoms with Crippen LogP contribution < -0.4 is 10.2 Å². The van der Waals surface area contributed by atoms with Crippen LogP contribution in [0.15, 0.2) is 24.3 Å². The molecule has 0 aromatic heterocycles. The SMILES string of the molecule is CC(C)(C)OC(=O)N[C@H]1C[C@H]2C(=O)N(CC(=O)O)c3ccccc3C(=O)N2C1. The fraction of sp³-hybridized carbons (Fsp3) is 0.474. The average Bonchev–Trinajstić information content (AvgIpc) is 2.97. The number of alkyl carbamates (subject to hydrolysis) is 1. The quantitative estimate of drug-likeness (QED) is 0.803. The third kappa shape index (κ3) is 3.92. The zero-order chi connectivity index (χ0) is 20.6. The highest BCUT2D eigenvalue weighted by atomic mass is 16.6. The van der Waals surface area contributed by atoms with Gasteiger partial charge < -0.3 is 20.1 Å². The van der Waals surface area contributed by atoms with Crippen molar-refractivity contribution in [3.8, 4) is 0 Å². The Kier molecular flexibility index (Phi) is 5.01. The van der Waals surface area contributed by atoms with Crippen LogP contribution in [0.1, 0.15) is 37.6 Å². The minimum absolute atomic E-state index is 0.143. The molecule has 1 aromatic rings. The molecule has 0 spiro atoms. The van der Waals surface area contributed by atoms with Gasteiger partial charge >= 0.3 is 12.1 Å². The van der Waals surface area contributed by atoms with Crippen molar-refractivity contribution in [3.63, 3.8) is 0 Å². The van der Waals surface area contributed by atoms with E-state index in [9.17, 15) is 24.3 Å². The number of amides is 3. The Hall–Kier alpha value is -3.10. The van der Waals surface area contributed by atoms with E-state index < -0.39 is 42.2 Å². The molecule has 1 saturated heterocycles. The van der Waals surface area contributed by atoms with E-state index in [2.05, 4.69) is 5.32 Å².